The van der Waals surface area contributed by atoms with Crippen molar-refractivity contribution in [3.63, 3.8) is 0 Å². The van der Waals surface area contributed by atoms with E-state index in [0.29, 0.717) is 34.2 Å². The Balaban J connectivity index is 1.69. The lowest BCUT2D eigenvalue weighted by Crippen LogP contribution is -2.15. The summed E-state index contributed by atoms with van der Waals surface area (Å²) in [6.45, 7) is 1.63. The fourth-order valence-corrected chi connectivity index (χ4v) is 4.31. The number of carbonyl (C=O) groups is 2. The molecule has 196 valence electrons. The van der Waals surface area contributed by atoms with Crippen molar-refractivity contribution in [2.75, 3.05) is 27.4 Å². The van der Waals surface area contributed by atoms with Crippen LogP contribution in [0.3, 0.4) is 0 Å². The quantitative estimate of drug-likeness (QED) is 0.157. The van der Waals surface area contributed by atoms with Gasteiger partial charge >= 0.3 is 11.9 Å². The molecular weight excluding hydrogens is 510 g/mol. The molecular formula is C27H25N3O7S. The molecule has 4 rings (SSSR count). The van der Waals surface area contributed by atoms with Crippen molar-refractivity contribution in [1.29, 1.82) is 0 Å². The van der Waals surface area contributed by atoms with Crippen LogP contribution in [-0.4, -0.2) is 59.7 Å². The molecule has 10 nitrogen and oxygen atoms in total. The number of aromatic nitrogens is 3. The number of aliphatic carboxylic acids is 1. The Bertz CT molecular complexity index is 1480. The molecule has 0 saturated carbocycles. The second-order valence-electron chi connectivity index (χ2n) is 7.78. The van der Waals surface area contributed by atoms with Crippen molar-refractivity contribution >= 4 is 40.5 Å². The highest BCUT2D eigenvalue weighted by atomic mass is 32.2. The highest BCUT2D eigenvalue weighted by Crippen LogP contribution is 2.35. The van der Waals surface area contributed by atoms with Crippen LogP contribution in [0.2, 0.25) is 0 Å². The molecule has 2 N–H and O–H groups in total. The molecule has 1 heterocycles. The molecule has 3 aromatic carbocycles. The van der Waals surface area contributed by atoms with Crippen LogP contribution in [0, 0.1) is 0 Å². The Labute approximate surface area is 222 Å². The number of thioether (sulfide) groups is 1. The number of carboxylic acid groups (broad SMARTS) is 1. The van der Waals surface area contributed by atoms with Gasteiger partial charge in [0.15, 0.2) is 12.4 Å². The number of esters is 1. The first-order chi connectivity index (χ1) is 18.4. The van der Waals surface area contributed by atoms with E-state index in [2.05, 4.69) is 15.2 Å². The summed E-state index contributed by atoms with van der Waals surface area (Å²) in [6, 6.07) is 16.2. The van der Waals surface area contributed by atoms with E-state index >= 15 is 0 Å². The first kappa shape index (κ1) is 26.6. The molecule has 4 aromatic rings. The number of fused-ring (bicyclic) bond motifs is 1. The Morgan fingerprint density at radius 1 is 1.05 bits per heavy atom. The maximum absolute atomic E-state index is 12.2. The van der Waals surface area contributed by atoms with E-state index in [1.807, 2.05) is 30.3 Å². The van der Waals surface area contributed by atoms with Crippen LogP contribution in [-0.2, 0) is 14.3 Å². The van der Waals surface area contributed by atoms with Gasteiger partial charge in [0.1, 0.15) is 22.2 Å². The maximum atomic E-state index is 12.2. The standard InChI is InChI=1S/C27H25N3O7S/c1-4-36-24(31)15-37-22-10-9-16-7-5-6-8-20(16)21(22)14-23(26(32)33)38-27-28-25(29-30-27)17-11-18(34-2)13-19(12-17)35-3/h5-14H,4,15H2,1-3H3,(H,32,33)(H,28,29,30)/b23-14-. The molecule has 0 bridgehead atoms. The van der Waals surface area contributed by atoms with Gasteiger partial charge in [-0.2, -0.15) is 0 Å². The third kappa shape index (κ3) is 6.24. The molecule has 1 aromatic heterocycles. The molecule has 38 heavy (non-hydrogen) atoms. The SMILES string of the molecule is CCOC(=O)COc1ccc2ccccc2c1/C=C(\Sc1n[nH]c(-c2cc(OC)cc(OC)c2)n1)C(=O)O. The van der Waals surface area contributed by atoms with Crippen LogP contribution in [0.4, 0.5) is 0 Å². The zero-order valence-electron chi connectivity index (χ0n) is 20.9. The summed E-state index contributed by atoms with van der Waals surface area (Å²) in [5.74, 6) is 0.206. The minimum atomic E-state index is -1.17. The van der Waals surface area contributed by atoms with E-state index in [0.717, 1.165) is 22.5 Å². The fraction of sp³-hybridized carbons (Fsp3) is 0.185. The van der Waals surface area contributed by atoms with Crippen molar-refractivity contribution in [2.45, 2.75) is 12.1 Å². The largest absolute Gasteiger partial charge is 0.497 e. The first-order valence-corrected chi connectivity index (χ1v) is 12.3. The van der Waals surface area contributed by atoms with Crippen LogP contribution in [0.25, 0.3) is 28.2 Å². The molecule has 11 heteroatoms. The predicted molar refractivity (Wildman–Crippen MR) is 142 cm³/mol. The number of hydrogen-bond acceptors (Lipinski definition) is 9. The number of rotatable bonds is 11. The number of carboxylic acids is 1. The third-order valence-corrected chi connectivity index (χ3v) is 6.24. The molecule has 0 unspecified atom stereocenters. The van der Waals surface area contributed by atoms with Crippen LogP contribution in [0.5, 0.6) is 17.2 Å². The van der Waals surface area contributed by atoms with Crippen molar-refractivity contribution in [1.82, 2.24) is 15.2 Å². The van der Waals surface area contributed by atoms with Gasteiger partial charge in [-0.25, -0.2) is 14.6 Å². The van der Waals surface area contributed by atoms with Crippen molar-refractivity contribution in [3.05, 3.63) is 65.1 Å². The van der Waals surface area contributed by atoms with Crippen molar-refractivity contribution < 1.29 is 33.6 Å². The first-order valence-electron chi connectivity index (χ1n) is 11.5. The van der Waals surface area contributed by atoms with Gasteiger partial charge in [0.05, 0.1) is 20.8 Å². The van der Waals surface area contributed by atoms with E-state index in [-0.39, 0.29) is 23.3 Å². The summed E-state index contributed by atoms with van der Waals surface area (Å²) >= 11 is 0.875. The normalized spacial score (nSPS) is 11.3. The van der Waals surface area contributed by atoms with Gasteiger partial charge in [0, 0.05) is 17.2 Å². The Hall–Kier alpha value is -4.51. The average molecular weight is 536 g/mol. The van der Waals surface area contributed by atoms with Gasteiger partial charge in [-0.05, 0) is 53.7 Å². The van der Waals surface area contributed by atoms with E-state index in [1.54, 1.807) is 45.4 Å². The number of ether oxygens (including phenoxy) is 4. The molecule has 0 amide bonds. The van der Waals surface area contributed by atoms with Gasteiger partial charge in [-0.1, -0.05) is 30.3 Å². The molecule has 0 aliphatic carbocycles. The minimum absolute atomic E-state index is 0.0453. The second kappa shape index (κ2) is 12.2. The summed E-state index contributed by atoms with van der Waals surface area (Å²) in [6.07, 6.45) is 1.49. The van der Waals surface area contributed by atoms with Crippen LogP contribution < -0.4 is 14.2 Å². The zero-order valence-corrected chi connectivity index (χ0v) is 21.7. The second-order valence-corrected chi connectivity index (χ2v) is 8.79. The number of H-pyrrole nitrogens is 1. The van der Waals surface area contributed by atoms with E-state index in [9.17, 15) is 14.7 Å². The summed E-state index contributed by atoms with van der Waals surface area (Å²) in [7, 11) is 3.09. The third-order valence-electron chi connectivity index (χ3n) is 5.36. The monoisotopic (exact) mass is 535 g/mol. The van der Waals surface area contributed by atoms with Gasteiger partial charge in [0.25, 0.3) is 0 Å². The van der Waals surface area contributed by atoms with E-state index < -0.39 is 11.9 Å². The number of methoxy groups -OCH3 is 2. The van der Waals surface area contributed by atoms with E-state index in [1.165, 1.54) is 6.08 Å². The maximum Gasteiger partial charge on any atom is 0.344 e. The summed E-state index contributed by atoms with van der Waals surface area (Å²) in [4.78, 5) is 28.5. The van der Waals surface area contributed by atoms with Crippen LogP contribution >= 0.6 is 11.8 Å². The molecule has 0 atom stereocenters. The lowest BCUT2D eigenvalue weighted by Gasteiger charge is -2.12. The lowest BCUT2D eigenvalue weighted by atomic mass is 10.0. The highest BCUT2D eigenvalue weighted by molar-refractivity contribution is 8.04. The smallest absolute Gasteiger partial charge is 0.344 e. The summed E-state index contributed by atoms with van der Waals surface area (Å²) in [5.41, 5.74) is 1.16. The molecule has 0 radical (unpaired) electrons. The average Bonchev–Trinajstić information content (AvgIpc) is 3.40. The van der Waals surface area contributed by atoms with Gasteiger partial charge in [-0.15, -0.1) is 5.10 Å². The predicted octanol–water partition coefficient (Wildman–Crippen LogP) is 4.80. The number of nitrogens with one attached hydrogen (secondary N) is 1. The summed E-state index contributed by atoms with van der Waals surface area (Å²) in [5, 5.41) is 18.8. The van der Waals surface area contributed by atoms with Crippen molar-refractivity contribution in [2.24, 2.45) is 0 Å². The van der Waals surface area contributed by atoms with Crippen molar-refractivity contribution in [3.8, 4) is 28.6 Å². The number of carbonyl (C=O) groups excluding carboxylic acids is 1. The highest BCUT2D eigenvalue weighted by Gasteiger charge is 2.18. The minimum Gasteiger partial charge on any atom is -0.497 e. The lowest BCUT2D eigenvalue weighted by molar-refractivity contribution is -0.145. The number of nitrogens with zero attached hydrogens (tertiary/aromatic N) is 2. The van der Waals surface area contributed by atoms with E-state index in [4.69, 9.17) is 18.9 Å². The Morgan fingerprint density at radius 3 is 2.47 bits per heavy atom. The zero-order chi connectivity index (χ0) is 27.1. The number of hydrogen-bond donors (Lipinski definition) is 2. The van der Waals surface area contributed by atoms with Gasteiger partial charge < -0.3 is 24.1 Å². The Morgan fingerprint density at radius 2 is 1.79 bits per heavy atom. The van der Waals surface area contributed by atoms with Gasteiger partial charge in [-0.3, -0.25) is 5.10 Å². The number of benzene rings is 3. The summed E-state index contributed by atoms with van der Waals surface area (Å²) < 4.78 is 21.3. The van der Waals surface area contributed by atoms with Crippen LogP contribution in [0.15, 0.2) is 64.7 Å². The molecule has 0 saturated heterocycles. The molecule has 0 aliphatic rings. The molecule has 0 aliphatic heterocycles. The topological polar surface area (TPSA) is 133 Å². The van der Waals surface area contributed by atoms with Gasteiger partial charge in [0.2, 0.25) is 5.16 Å². The fourth-order valence-electron chi connectivity index (χ4n) is 3.62. The van der Waals surface area contributed by atoms with Crippen LogP contribution in [0.1, 0.15) is 12.5 Å². The molecule has 0 spiro atoms. The Kier molecular flexibility index (Phi) is 8.49. The number of aromatic amines is 1. The molecule has 0 fully saturated rings.